The van der Waals surface area contributed by atoms with Gasteiger partial charge >= 0.3 is 0 Å². The van der Waals surface area contributed by atoms with Crippen LogP contribution in [0.5, 0.6) is 0 Å². The van der Waals surface area contributed by atoms with Crippen LogP contribution in [0.3, 0.4) is 0 Å². The molecule has 1 atom stereocenters. The molecule has 2 heteroatoms. The van der Waals surface area contributed by atoms with Gasteiger partial charge in [-0.15, -0.1) is 0 Å². The molecule has 1 aromatic heterocycles. The zero-order valence-electron chi connectivity index (χ0n) is 7.91. The predicted octanol–water partition coefficient (Wildman–Crippen LogP) is 2.34. The van der Waals surface area contributed by atoms with Gasteiger partial charge in [-0.25, -0.2) is 0 Å². The molecule has 1 aliphatic carbocycles. The molecule has 1 saturated carbocycles. The lowest BCUT2D eigenvalue weighted by atomic mass is 9.94. The fraction of sp³-hybridized carbons (Fsp3) is 0.636. The van der Waals surface area contributed by atoms with Gasteiger partial charge < -0.3 is 10.2 Å². The summed E-state index contributed by atoms with van der Waals surface area (Å²) >= 11 is 0. The van der Waals surface area contributed by atoms with Crippen LogP contribution in [0.25, 0.3) is 0 Å². The van der Waals surface area contributed by atoms with Crippen molar-refractivity contribution in [3.8, 4) is 0 Å². The molecule has 0 aromatic carbocycles. The minimum atomic E-state index is 0.333. The van der Waals surface area contributed by atoms with Crippen LogP contribution in [0.4, 0.5) is 0 Å². The predicted molar refractivity (Wildman–Crippen MR) is 52.3 cm³/mol. The van der Waals surface area contributed by atoms with Crippen molar-refractivity contribution in [1.82, 2.24) is 0 Å². The number of nitrogens with two attached hydrogens (primary N) is 1. The highest BCUT2D eigenvalue weighted by Crippen LogP contribution is 2.28. The molecule has 72 valence electrons. The van der Waals surface area contributed by atoms with Gasteiger partial charge in [0.25, 0.3) is 0 Å². The normalized spacial score (nSPS) is 20.7. The topological polar surface area (TPSA) is 39.2 Å². The molecule has 1 heterocycles. The maximum Gasteiger partial charge on any atom is 0.0935 e. The third-order valence-electron chi connectivity index (χ3n) is 3.06. The fourth-order valence-corrected chi connectivity index (χ4v) is 2.23. The van der Waals surface area contributed by atoms with Crippen LogP contribution >= 0.6 is 0 Å². The van der Waals surface area contributed by atoms with Crippen molar-refractivity contribution in [2.75, 3.05) is 0 Å². The lowest BCUT2D eigenvalue weighted by Gasteiger charge is -2.17. The zero-order valence-corrected chi connectivity index (χ0v) is 7.91. The van der Waals surface area contributed by atoms with Gasteiger partial charge in [-0.2, -0.15) is 0 Å². The van der Waals surface area contributed by atoms with Gasteiger partial charge in [-0.05, 0) is 36.8 Å². The summed E-state index contributed by atoms with van der Waals surface area (Å²) in [6.07, 6.45) is 9.86. The van der Waals surface area contributed by atoms with Gasteiger partial charge in [0.2, 0.25) is 0 Å². The van der Waals surface area contributed by atoms with Crippen LogP contribution in [0.15, 0.2) is 23.0 Å². The third kappa shape index (κ3) is 2.13. The second-order valence-corrected chi connectivity index (χ2v) is 4.04. The Hall–Kier alpha value is -0.760. The summed E-state index contributed by atoms with van der Waals surface area (Å²) in [6, 6.07) is 2.34. The molecule has 1 aliphatic rings. The van der Waals surface area contributed by atoms with Gasteiger partial charge in [0.15, 0.2) is 0 Å². The molecule has 2 N–H and O–H groups in total. The van der Waals surface area contributed by atoms with E-state index in [9.17, 15) is 0 Å². The third-order valence-corrected chi connectivity index (χ3v) is 3.06. The van der Waals surface area contributed by atoms with E-state index in [0.29, 0.717) is 6.04 Å². The molecule has 0 radical (unpaired) electrons. The van der Waals surface area contributed by atoms with E-state index in [2.05, 4.69) is 0 Å². The standard InChI is InChI=1S/C11H17NO/c12-11(10-3-1-2-4-10)7-9-5-6-13-8-9/h5-6,8,10-11H,1-4,7,12H2. The Morgan fingerprint density at radius 1 is 1.46 bits per heavy atom. The maximum atomic E-state index is 6.13. The van der Waals surface area contributed by atoms with E-state index >= 15 is 0 Å². The molecule has 2 rings (SSSR count). The minimum Gasteiger partial charge on any atom is -0.472 e. The van der Waals surface area contributed by atoms with Crippen molar-refractivity contribution in [3.63, 3.8) is 0 Å². The van der Waals surface area contributed by atoms with Crippen LogP contribution in [-0.2, 0) is 6.42 Å². The number of hydrogen-bond donors (Lipinski definition) is 1. The van der Waals surface area contributed by atoms with E-state index in [0.717, 1.165) is 12.3 Å². The van der Waals surface area contributed by atoms with Crippen molar-refractivity contribution >= 4 is 0 Å². The molecule has 0 amide bonds. The van der Waals surface area contributed by atoms with Crippen molar-refractivity contribution in [1.29, 1.82) is 0 Å². The van der Waals surface area contributed by atoms with Crippen LogP contribution in [0, 0.1) is 5.92 Å². The Bertz CT molecular complexity index is 237. The molecule has 0 saturated heterocycles. The lowest BCUT2D eigenvalue weighted by molar-refractivity contribution is 0.427. The van der Waals surface area contributed by atoms with Crippen molar-refractivity contribution in [3.05, 3.63) is 24.2 Å². The smallest absolute Gasteiger partial charge is 0.0935 e. The highest BCUT2D eigenvalue weighted by molar-refractivity contribution is 5.07. The van der Waals surface area contributed by atoms with Gasteiger partial charge in [-0.3, -0.25) is 0 Å². The minimum absolute atomic E-state index is 0.333. The molecular weight excluding hydrogens is 162 g/mol. The quantitative estimate of drug-likeness (QED) is 0.773. The molecule has 13 heavy (non-hydrogen) atoms. The molecular formula is C11H17NO. The molecule has 1 aromatic rings. The molecule has 0 bridgehead atoms. The maximum absolute atomic E-state index is 6.13. The summed E-state index contributed by atoms with van der Waals surface area (Å²) in [4.78, 5) is 0. The summed E-state index contributed by atoms with van der Waals surface area (Å²) in [6.45, 7) is 0. The van der Waals surface area contributed by atoms with E-state index in [1.807, 2.05) is 6.07 Å². The zero-order chi connectivity index (χ0) is 9.10. The molecule has 1 fully saturated rings. The van der Waals surface area contributed by atoms with Crippen molar-refractivity contribution in [2.24, 2.45) is 11.7 Å². The second-order valence-electron chi connectivity index (χ2n) is 4.04. The SMILES string of the molecule is NC(Cc1ccoc1)C1CCCC1. The van der Waals surface area contributed by atoms with Gasteiger partial charge in [-0.1, -0.05) is 12.8 Å². The average molecular weight is 179 g/mol. The molecule has 0 spiro atoms. The Kier molecular flexibility index (Phi) is 2.69. The van der Waals surface area contributed by atoms with Gasteiger partial charge in [0, 0.05) is 6.04 Å². The summed E-state index contributed by atoms with van der Waals surface area (Å²) in [7, 11) is 0. The van der Waals surface area contributed by atoms with E-state index < -0.39 is 0 Å². The van der Waals surface area contributed by atoms with Gasteiger partial charge in [0.1, 0.15) is 0 Å². The van der Waals surface area contributed by atoms with Crippen LogP contribution in [-0.4, -0.2) is 6.04 Å². The Morgan fingerprint density at radius 2 is 2.23 bits per heavy atom. The average Bonchev–Trinajstić information content (AvgIpc) is 2.74. The first-order valence-corrected chi connectivity index (χ1v) is 5.13. The van der Waals surface area contributed by atoms with Crippen molar-refractivity contribution < 1.29 is 4.42 Å². The lowest BCUT2D eigenvalue weighted by Crippen LogP contribution is -2.30. The Balaban J connectivity index is 1.87. The van der Waals surface area contributed by atoms with Crippen LogP contribution in [0.1, 0.15) is 31.2 Å². The molecule has 2 nitrogen and oxygen atoms in total. The van der Waals surface area contributed by atoms with E-state index in [4.69, 9.17) is 10.2 Å². The Labute approximate surface area is 79.1 Å². The monoisotopic (exact) mass is 179 g/mol. The van der Waals surface area contributed by atoms with E-state index in [1.54, 1.807) is 12.5 Å². The highest BCUT2D eigenvalue weighted by atomic mass is 16.3. The summed E-state index contributed by atoms with van der Waals surface area (Å²) < 4.78 is 5.02. The Morgan fingerprint density at radius 3 is 2.85 bits per heavy atom. The summed E-state index contributed by atoms with van der Waals surface area (Å²) in [5.74, 6) is 0.745. The molecule has 0 aliphatic heterocycles. The van der Waals surface area contributed by atoms with Crippen LogP contribution < -0.4 is 5.73 Å². The first-order chi connectivity index (χ1) is 6.36. The van der Waals surface area contributed by atoms with E-state index in [1.165, 1.54) is 31.2 Å². The second kappa shape index (κ2) is 3.97. The highest BCUT2D eigenvalue weighted by Gasteiger charge is 2.22. The van der Waals surface area contributed by atoms with Gasteiger partial charge in [0.05, 0.1) is 12.5 Å². The fourth-order valence-electron chi connectivity index (χ4n) is 2.23. The number of rotatable bonds is 3. The first kappa shape index (κ1) is 8.82. The summed E-state index contributed by atoms with van der Waals surface area (Å²) in [5, 5.41) is 0. The largest absolute Gasteiger partial charge is 0.472 e. The van der Waals surface area contributed by atoms with E-state index in [-0.39, 0.29) is 0 Å². The number of furan rings is 1. The molecule has 1 unspecified atom stereocenters. The van der Waals surface area contributed by atoms with Crippen molar-refractivity contribution in [2.45, 2.75) is 38.1 Å². The first-order valence-electron chi connectivity index (χ1n) is 5.13. The van der Waals surface area contributed by atoms with Crippen LogP contribution in [0.2, 0.25) is 0 Å². The number of hydrogen-bond acceptors (Lipinski definition) is 2. The summed E-state index contributed by atoms with van der Waals surface area (Å²) in [5.41, 5.74) is 7.36.